The van der Waals surface area contributed by atoms with Crippen molar-refractivity contribution in [2.45, 2.75) is 19.7 Å². The molecule has 0 unspecified atom stereocenters. The lowest BCUT2D eigenvalue weighted by Crippen LogP contribution is -2.28. The van der Waals surface area contributed by atoms with Crippen LogP contribution in [0.25, 0.3) is 28.0 Å². The van der Waals surface area contributed by atoms with Gasteiger partial charge in [-0.15, -0.1) is 10.2 Å². The third-order valence-electron chi connectivity index (χ3n) is 5.59. The number of fused-ring (bicyclic) bond motifs is 2. The molecule has 1 aliphatic rings. The van der Waals surface area contributed by atoms with Gasteiger partial charge in [0.15, 0.2) is 18.3 Å². The maximum absolute atomic E-state index is 14.8. The first kappa shape index (κ1) is 20.4. The van der Waals surface area contributed by atoms with E-state index in [1.165, 1.54) is 22.8 Å². The molecule has 0 saturated heterocycles. The Hall–Kier alpha value is -4.25. The fourth-order valence-electron chi connectivity index (χ4n) is 4.02. The molecular formula is C23H18F2N8O. The third kappa shape index (κ3) is 3.46. The van der Waals surface area contributed by atoms with Crippen LogP contribution in [0.4, 0.5) is 8.78 Å². The Morgan fingerprint density at radius 2 is 1.74 bits per heavy atom. The fraction of sp³-hybridized carbons (Fsp3) is 0.174. The molecule has 2 aromatic carbocycles. The Kier molecular flexibility index (Phi) is 4.95. The summed E-state index contributed by atoms with van der Waals surface area (Å²) in [6, 6.07) is 12.5. The lowest BCUT2D eigenvalue weighted by Gasteiger charge is -2.11. The van der Waals surface area contributed by atoms with Gasteiger partial charge in [0, 0.05) is 12.1 Å². The lowest BCUT2D eigenvalue weighted by molar-refractivity contribution is 0.283. The second kappa shape index (κ2) is 8.27. The molecule has 9 nitrogen and oxygen atoms in total. The molecule has 34 heavy (non-hydrogen) atoms. The summed E-state index contributed by atoms with van der Waals surface area (Å²) in [4.78, 5) is 4.50. The molecule has 3 aromatic heterocycles. The van der Waals surface area contributed by atoms with Gasteiger partial charge in [0.25, 0.3) is 0 Å². The van der Waals surface area contributed by atoms with Crippen molar-refractivity contribution in [3.8, 4) is 28.4 Å². The van der Waals surface area contributed by atoms with Gasteiger partial charge >= 0.3 is 0 Å². The molecule has 0 amide bonds. The Balaban J connectivity index is 1.48. The molecule has 0 saturated carbocycles. The van der Waals surface area contributed by atoms with Crippen molar-refractivity contribution in [1.29, 1.82) is 0 Å². The number of hydrogen-bond donors (Lipinski definition) is 1. The molecule has 5 aromatic rings. The van der Waals surface area contributed by atoms with Gasteiger partial charge in [0.2, 0.25) is 5.88 Å². The molecule has 0 radical (unpaired) electrons. The van der Waals surface area contributed by atoms with Gasteiger partial charge in [-0.2, -0.15) is 10.2 Å². The summed E-state index contributed by atoms with van der Waals surface area (Å²) in [6.45, 7) is 2.20. The molecular weight excluding hydrogens is 442 g/mol. The first-order valence-electron chi connectivity index (χ1n) is 10.7. The summed E-state index contributed by atoms with van der Waals surface area (Å²) in [5.41, 5.74) is 1.30. The van der Waals surface area contributed by atoms with Gasteiger partial charge in [0.05, 0.1) is 30.4 Å². The smallest absolute Gasteiger partial charge is 0.242 e. The van der Waals surface area contributed by atoms with Crippen molar-refractivity contribution >= 4 is 5.52 Å². The number of nitrogens with zero attached hydrogens (tertiary/aromatic N) is 7. The molecule has 0 bridgehead atoms. The second-order valence-corrected chi connectivity index (χ2v) is 7.74. The van der Waals surface area contributed by atoms with Crippen LogP contribution in [0.2, 0.25) is 0 Å². The number of benzene rings is 2. The van der Waals surface area contributed by atoms with Crippen LogP contribution < -0.4 is 10.1 Å². The molecule has 0 spiro atoms. The average molecular weight is 460 g/mol. The predicted octanol–water partition coefficient (Wildman–Crippen LogP) is 3.01. The minimum absolute atomic E-state index is 0.0290. The van der Waals surface area contributed by atoms with Crippen LogP contribution in [0.1, 0.15) is 11.6 Å². The molecule has 1 aliphatic heterocycles. The van der Waals surface area contributed by atoms with Crippen molar-refractivity contribution in [3.63, 3.8) is 0 Å². The molecule has 0 aliphatic carbocycles. The maximum Gasteiger partial charge on any atom is 0.242 e. The highest BCUT2D eigenvalue weighted by atomic mass is 19.1. The van der Waals surface area contributed by atoms with Crippen LogP contribution >= 0.6 is 0 Å². The number of hydrogen-bond acceptors (Lipinski definition) is 7. The van der Waals surface area contributed by atoms with Crippen molar-refractivity contribution in [2.75, 3.05) is 6.54 Å². The number of rotatable bonds is 5. The Morgan fingerprint density at radius 3 is 2.50 bits per heavy atom. The lowest BCUT2D eigenvalue weighted by atomic mass is 10.1. The minimum Gasteiger partial charge on any atom is -0.468 e. The first-order chi connectivity index (χ1) is 16.7. The van der Waals surface area contributed by atoms with E-state index < -0.39 is 11.6 Å². The van der Waals surface area contributed by atoms with Crippen LogP contribution in [0.3, 0.4) is 0 Å². The van der Waals surface area contributed by atoms with E-state index in [0.29, 0.717) is 23.4 Å². The second-order valence-electron chi connectivity index (χ2n) is 7.74. The van der Waals surface area contributed by atoms with E-state index in [1.54, 1.807) is 36.4 Å². The summed E-state index contributed by atoms with van der Waals surface area (Å²) < 4.78 is 38.7. The van der Waals surface area contributed by atoms with Crippen LogP contribution in [0.5, 0.6) is 5.88 Å². The van der Waals surface area contributed by atoms with E-state index in [4.69, 9.17) is 4.74 Å². The SMILES string of the molecule is Fc1ccccc1-c1c(OCc2nc3n(n2)CCNC3)nn2c(-c3ccccc3F)nncc12. The zero-order valence-electron chi connectivity index (χ0n) is 17.8. The third-order valence-corrected chi connectivity index (χ3v) is 5.59. The Bertz CT molecular complexity index is 1490. The summed E-state index contributed by atoms with van der Waals surface area (Å²) in [7, 11) is 0. The monoisotopic (exact) mass is 460 g/mol. The Morgan fingerprint density at radius 1 is 0.971 bits per heavy atom. The standard InChI is InChI=1S/C23H18F2N8O/c24-16-7-3-1-5-14(16)21-18-11-27-29-22(15-6-2-4-8-17(15)25)33(18)31-23(21)34-13-19-28-20-12-26-9-10-32(20)30-19/h1-8,11,26H,9-10,12-13H2. The van der Waals surface area contributed by atoms with E-state index in [2.05, 4.69) is 30.7 Å². The van der Waals surface area contributed by atoms with Crippen molar-refractivity contribution in [1.82, 2.24) is 39.9 Å². The summed E-state index contributed by atoms with van der Waals surface area (Å²) >= 11 is 0. The zero-order chi connectivity index (χ0) is 23.1. The number of nitrogens with one attached hydrogen (secondary N) is 1. The van der Waals surface area contributed by atoms with Crippen LogP contribution in [-0.2, 0) is 19.7 Å². The molecule has 11 heteroatoms. The fourth-order valence-corrected chi connectivity index (χ4v) is 4.02. The van der Waals surface area contributed by atoms with Gasteiger partial charge in [-0.3, -0.25) is 0 Å². The molecule has 0 fully saturated rings. The molecule has 1 N–H and O–H groups in total. The normalized spacial score (nSPS) is 13.2. The predicted molar refractivity (Wildman–Crippen MR) is 118 cm³/mol. The van der Waals surface area contributed by atoms with Gasteiger partial charge in [-0.05, 0) is 18.2 Å². The number of halogens is 2. The highest BCUT2D eigenvalue weighted by Gasteiger charge is 2.23. The summed E-state index contributed by atoms with van der Waals surface area (Å²) in [6.07, 6.45) is 1.45. The molecule has 0 atom stereocenters. The minimum atomic E-state index is -0.476. The largest absolute Gasteiger partial charge is 0.468 e. The first-order valence-corrected chi connectivity index (χ1v) is 10.7. The number of ether oxygens (including phenoxy) is 1. The van der Waals surface area contributed by atoms with Crippen LogP contribution in [0, 0.1) is 11.6 Å². The maximum atomic E-state index is 14.8. The summed E-state index contributed by atoms with van der Waals surface area (Å²) in [5, 5.41) is 20.4. The van der Waals surface area contributed by atoms with Crippen LogP contribution in [-0.4, -0.2) is 41.1 Å². The molecule has 170 valence electrons. The molecule has 4 heterocycles. The topological polar surface area (TPSA) is 95.0 Å². The Labute approximate surface area is 192 Å². The van der Waals surface area contributed by atoms with E-state index >= 15 is 0 Å². The van der Waals surface area contributed by atoms with E-state index in [9.17, 15) is 8.78 Å². The average Bonchev–Trinajstić information content (AvgIpc) is 3.44. The zero-order valence-corrected chi connectivity index (χ0v) is 17.8. The van der Waals surface area contributed by atoms with E-state index in [0.717, 1.165) is 18.9 Å². The van der Waals surface area contributed by atoms with Gasteiger partial charge in [0.1, 0.15) is 23.0 Å². The van der Waals surface area contributed by atoms with Gasteiger partial charge in [-0.1, -0.05) is 30.3 Å². The van der Waals surface area contributed by atoms with Gasteiger partial charge in [-0.25, -0.2) is 23.0 Å². The van der Waals surface area contributed by atoms with E-state index in [-0.39, 0.29) is 29.4 Å². The van der Waals surface area contributed by atoms with E-state index in [1.807, 2.05) is 4.68 Å². The van der Waals surface area contributed by atoms with Crippen molar-refractivity contribution in [2.24, 2.45) is 0 Å². The number of aromatic nitrogens is 7. The highest BCUT2D eigenvalue weighted by Crippen LogP contribution is 2.37. The molecule has 6 rings (SSSR count). The van der Waals surface area contributed by atoms with Gasteiger partial charge < -0.3 is 10.1 Å². The van der Waals surface area contributed by atoms with Crippen LogP contribution in [0.15, 0.2) is 54.7 Å². The van der Waals surface area contributed by atoms with Crippen molar-refractivity contribution in [3.05, 3.63) is 78.0 Å². The highest BCUT2D eigenvalue weighted by molar-refractivity contribution is 5.85. The quantitative estimate of drug-likeness (QED) is 0.431. The summed E-state index contributed by atoms with van der Waals surface area (Å²) in [5.74, 6) is 0.697. The van der Waals surface area contributed by atoms with Crippen molar-refractivity contribution < 1.29 is 13.5 Å².